The lowest BCUT2D eigenvalue weighted by atomic mass is 10.00. The number of nitrogens with zero attached hydrogens (tertiary/aromatic N) is 2. The first kappa shape index (κ1) is 32.0. The van der Waals surface area contributed by atoms with Crippen molar-refractivity contribution in [2.45, 2.75) is 0 Å². The van der Waals surface area contributed by atoms with Crippen LogP contribution in [0.5, 0.6) is 0 Å². The van der Waals surface area contributed by atoms with Crippen molar-refractivity contribution in [1.29, 1.82) is 0 Å². The number of para-hydroxylation sites is 1. The second-order valence-corrected chi connectivity index (χ2v) is 14.6. The second-order valence-electron chi connectivity index (χ2n) is 14.6. The van der Waals surface area contributed by atoms with E-state index in [1.165, 1.54) is 76.4 Å². The van der Waals surface area contributed by atoms with Gasteiger partial charge in [0.2, 0.25) is 0 Å². The summed E-state index contributed by atoms with van der Waals surface area (Å²) in [5, 5.41) is 9.92. The summed E-state index contributed by atoms with van der Waals surface area (Å²) in [4.78, 5) is 2.37. The van der Waals surface area contributed by atoms with Crippen LogP contribution in [0.2, 0.25) is 0 Å². The molecule has 0 saturated heterocycles. The van der Waals surface area contributed by atoms with Gasteiger partial charge in [-0.2, -0.15) is 0 Å². The Morgan fingerprint density at radius 2 is 0.804 bits per heavy atom. The summed E-state index contributed by atoms with van der Waals surface area (Å²) in [6.07, 6.45) is 0. The Labute approximate surface area is 325 Å². The molecule has 0 aliphatic heterocycles. The minimum absolute atomic E-state index is 1.11. The zero-order valence-corrected chi connectivity index (χ0v) is 30.7. The van der Waals surface area contributed by atoms with Gasteiger partial charge >= 0.3 is 0 Å². The van der Waals surface area contributed by atoms with Crippen LogP contribution in [0.4, 0.5) is 17.1 Å². The Balaban J connectivity index is 0.997. The van der Waals surface area contributed by atoms with Gasteiger partial charge in [-0.15, -0.1) is 0 Å². The van der Waals surface area contributed by atoms with E-state index in [9.17, 15) is 0 Å². The van der Waals surface area contributed by atoms with Gasteiger partial charge in [0.15, 0.2) is 0 Å². The maximum atomic E-state index is 2.43. The Morgan fingerprint density at radius 3 is 1.59 bits per heavy atom. The molecule has 1 aromatic heterocycles. The average Bonchev–Trinajstić information content (AvgIpc) is 3.62. The number of rotatable bonds is 6. The highest BCUT2D eigenvalue weighted by Gasteiger charge is 2.17. The molecule has 1 heterocycles. The lowest BCUT2D eigenvalue weighted by Gasteiger charge is -2.26. The Kier molecular flexibility index (Phi) is 7.53. The first-order valence-corrected chi connectivity index (χ1v) is 19.3. The molecule has 11 aromatic rings. The summed E-state index contributed by atoms with van der Waals surface area (Å²) in [5.41, 5.74) is 11.8. The van der Waals surface area contributed by atoms with Crippen molar-refractivity contribution in [3.05, 3.63) is 218 Å². The van der Waals surface area contributed by atoms with Crippen molar-refractivity contribution < 1.29 is 0 Å². The summed E-state index contributed by atoms with van der Waals surface area (Å²) in [6.45, 7) is 0. The number of fused-ring (bicyclic) bond motifs is 7. The molecule has 10 aromatic carbocycles. The third-order valence-electron chi connectivity index (χ3n) is 11.3. The Hall–Kier alpha value is -7.42. The fourth-order valence-electron chi connectivity index (χ4n) is 8.55. The molecule has 0 N–H and O–H groups in total. The monoisotopic (exact) mass is 712 g/mol. The van der Waals surface area contributed by atoms with E-state index in [-0.39, 0.29) is 0 Å². The fraction of sp³-hybridized carbons (Fsp3) is 0. The van der Waals surface area contributed by atoms with Crippen LogP contribution in [0.1, 0.15) is 0 Å². The second kappa shape index (κ2) is 13.2. The fourth-order valence-corrected chi connectivity index (χ4v) is 8.55. The predicted octanol–water partition coefficient (Wildman–Crippen LogP) is 15.0. The van der Waals surface area contributed by atoms with Crippen molar-refractivity contribution in [2.24, 2.45) is 0 Å². The van der Waals surface area contributed by atoms with Gasteiger partial charge in [0.1, 0.15) is 0 Å². The van der Waals surface area contributed by atoms with Crippen molar-refractivity contribution in [1.82, 2.24) is 4.57 Å². The summed E-state index contributed by atoms with van der Waals surface area (Å²) >= 11 is 0. The smallest absolute Gasteiger partial charge is 0.0619 e. The van der Waals surface area contributed by atoms with E-state index < -0.39 is 0 Å². The molecule has 0 fully saturated rings. The molecule has 262 valence electrons. The van der Waals surface area contributed by atoms with Crippen molar-refractivity contribution in [2.75, 3.05) is 4.90 Å². The standard InChI is InChI=1S/C54H36N2/c1-2-10-37(11-3-1)39-20-27-46(28-21-39)55(48-31-24-38-12-4-5-14-43(38)35-48)49-32-25-41-18-19-44(34-45(41)36-49)40-22-29-47(30-23-40)56-53-17-9-8-16-51(53)52-33-26-42-13-6-7-15-50(42)54(52)56/h1-36H. The lowest BCUT2D eigenvalue weighted by molar-refractivity contribution is 1.19. The summed E-state index contributed by atoms with van der Waals surface area (Å²) in [7, 11) is 0. The van der Waals surface area contributed by atoms with Crippen LogP contribution in [-0.2, 0) is 0 Å². The number of hydrogen-bond acceptors (Lipinski definition) is 1. The third kappa shape index (κ3) is 5.42. The van der Waals surface area contributed by atoms with Crippen LogP contribution in [0.25, 0.3) is 82.1 Å². The Bertz CT molecular complexity index is 3230. The summed E-state index contributed by atoms with van der Waals surface area (Å²) < 4.78 is 2.43. The first-order chi connectivity index (χ1) is 27.7. The van der Waals surface area contributed by atoms with Gasteiger partial charge in [0.25, 0.3) is 0 Å². The van der Waals surface area contributed by atoms with Crippen LogP contribution in [0.3, 0.4) is 0 Å². The van der Waals surface area contributed by atoms with E-state index >= 15 is 0 Å². The molecule has 0 aliphatic rings. The van der Waals surface area contributed by atoms with E-state index in [0.29, 0.717) is 0 Å². The molecule has 0 bridgehead atoms. The molecule has 0 unspecified atom stereocenters. The highest BCUT2D eigenvalue weighted by Crippen LogP contribution is 2.40. The topological polar surface area (TPSA) is 8.17 Å². The van der Waals surface area contributed by atoms with E-state index in [2.05, 4.69) is 228 Å². The molecule has 56 heavy (non-hydrogen) atoms. The van der Waals surface area contributed by atoms with Gasteiger partial charge in [-0.1, -0.05) is 158 Å². The van der Waals surface area contributed by atoms with Crippen LogP contribution in [0, 0.1) is 0 Å². The van der Waals surface area contributed by atoms with E-state index in [1.54, 1.807) is 0 Å². The zero-order valence-electron chi connectivity index (χ0n) is 30.7. The molecule has 0 aliphatic carbocycles. The van der Waals surface area contributed by atoms with Gasteiger partial charge in [-0.3, -0.25) is 0 Å². The van der Waals surface area contributed by atoms with Crippen LogP contribution >= 0.6 is 0 Å². The zero-order chi connectivity index (χ0) is 37.0. The van der Waals surface area contributed by atoms with Crippen molar-refractivity contribution >= 4 is 71.2 Å². The maximum Gasteiger partial charge on any atom is 0.0619 e. The van der Waals surface area contributed by atoms with Crippen LogP contribution < -0.4 is 4.90 Å². The molecule has 11 rings (SSSR count). The number of benzene rings is 10. The van der Waals surface area contributed by atoms with Crippen LogP contribution in [-0.4, -0.2) is 4.57 Å². The molecule has 0 spiro atoms. The van der Waals surface area contributed by atoms with E-state index in [1.807, 2.05) is 0 Å². The minimum atomic E-state index is 1.11. The molecule has 0 atom stereocenters. The van der Waals surface area contributed by atoms with Gasteiger partial charge in [-0.05, 0) is 110 Å². The molecule has 0 radical (unpaired) electrons. The lowest BCUT2D eigenvalue weighted by Crippen LogP contribution is -2.09. The average molecular weight is 713 g/mol. The number of hydrogen-bond donors (Lipinski definition) is 0. The van der Waals surface area contributed by atoms with E-state index in [0.717, 1.165) is 22.7 Å². The van der Waals surface area contributed by atoms with Gasteiger partial charge in [0, 0.05) is 38.9 Å². The van der Waals surface area contributed by atoms with E-state index in [4.69, 9.17) is 0 Å². The van der Waals surface area contributed by atoms with Gasteiger partial charge < -0.3 is 9.47 Å². The molecular formula is C54H36N2. The number of anilines is 3. The van der Waals surface area contributed by atoms with Crippen LogP contribution in [0.15, 0.2) is 218 Å². The maximum absolute atomic E-state index is 2.43. The first-order valence-electron chi connectivity index (χ1n) is 19.3. The third-order valence-corrected chi connectivity index (χ3v) is 11.3. The van der Waals surface area contributed by atoms with Gasteiger partial charge in [0.05, 0.1) is 11.0 Å². The summed E-state index contributed by atoms with van der Waals surface area (Å²) in [6, 6.07) is 79.5. The highest BCUT2D eigenvalue weighted by atomic mass is 15.1. The molecule has 2 heteroatoms. The van der Waals surface area contributed by atoms with Crippen molar-refractivity contribution in [3.63, 3.8) is 0 Å². The highest BCUT2D eigenvalue weighted by molar-refractivity contribution is 6.18. The predicted molar refractivity (Wildman–Crippen MR) is 239 cm³/mol. The largest absolute Gasteiger partial charge is 0.310 e. The molecular weight excluding hydrogens is 677 g/mol. The molecule has 2 nitrogen and oxygen atoms in total. The molecule has 0 amide bonds. The van der Waals surface area contributed by atoms with Crippen molar-refractivity contribution in [3.8, 4) is 27.9 Å². The normalized spacial score (nSPS) is 11.6. The van der Waals surface area contributed by atoms with Gasteiger partial charge in [-0.25, -0.2) is 0 Å². The number of aromatic nitrogens is 1. The quantitative estimate of drug-likeness (QED) is 0.167. The minimum Gasteiger partial charge on any atom is -0.310 e. The summed E-state index contributed by atoms with van der Waals surface area (Å²) in [5.74, 6) is 0. The molecule has 0 saturated carbocycles. The Morgan fingerprint density at radius 1 is 0.286 bits per heavy atom. The SMILES string of the molecule is c1ccc(-c2ccc(N(c3ccc4ccccc4c3)c3ccc4ccc(-c5ccc(-n6c7ccccc7c7ccc8ccccc8c76)cc5)cc4c3)cc2)cc1.